The second kappa shape index (κ2) is 4.94. The van der Waals surface area contributed by atoms with Crippen LogP contribution in [0.25, 0.3) is 0 Å². The number of halogens is 1. The minimum Gasteiger partial charge on any atom is -0.411 e. The lowest BCUT2D eigenvalue weighted by atomic mass is 9.72. The number of carbonyl (C=O) groups excluding carboxylic acids is 1. The van der Waals surface area contributed by atoms with E-state index in [0.717, 1.165) is 5.56 Å². The molecule has 19 heavy (non-hydrogen) atoms. The van der Waals surface area contributed by atoms with Gasteiger partial charge in [0.25, 0.3) is 0 Å². The Morgan fingerprint density at radius 2 is 1.95 bits per heavy atom. The van der Waals surface area contributed by atoms with Crippen LogP contribution in [0.2, 0.25) is 5.02 Å². The minimum atomic E-state index is -0.650. The Morgan fingerprint density at radius 1 is 1.37 bits per heavy atom. The molecule has 0 spiro atoms. The molecule has 1 N–H and O–H groups in total. The van der Waals surface area contributed by atoms with E-state index >= 15 is 0 Å². The molecule has 2 rings (SSSR count). The number of Topliss-reactive ketones (excluding diaryl/α,β-unsaturated/α-hetero) is 1. The highest BCUT2D eigenvalue weighted by Crippen LogP contribution is 2.41. The van der Waals surface area contributed by atoms with E-state index in [2.05, 4.69) is 5.16 Å². The van der Waals surface area contributed by atoms with Crippen LogP contribution in [-0.4, -0.2) is 35.2 Å². The van der Waals surface area contributed by atoms with Gasteiger partial charge in [-0.2, -0.15) is 0 Å². The number of benzene rings is 1. The summed E-state index contributed by atoms with van der Waals surface area (Å²) in [5.74, 6) is -0.118. The van der Waals surface area contributed by atoms with Gasteiger partial charge in [0.15, 0.2) is 5.78 Å². The maximum Gasteiger partial charge on any atom is 0.189 e. The zero-order valence-corrected chi connectivity index (χ0v) is 12.0. The molecule has 1 aliphatic rings. The third-order valence-electron chi connectivity index (χ3n) is 3.68. The molecule has 0 unspecified atom stereocenters. The average molecular weight is 281 g/mol. The molecule has 1 atom stereocenters. The van der Waals surface area contributed by atoms with Crippen LogP contribution in [0.5, 0.6) is 0 Å². The van der Waals surface area contributed by atoms with E-state index in [0.29, 0.717) is 11.6 Å². The Labute approximate surface area is 117 Å². The van der Waals surface area contributed by atoms with Crippen LogP contribution in [0.3, 0.4) is 0 Å². The van der Waals surface area contributed by atoms with E-state index < -0.39 is 5.41 Å². The molecule has 1 fully saturated rings. The van der Waals surface area contributed by atoms with Gasteiger partial charge >= 0.3 is 0 Å². The van der Waals surface area contributed by atoms with Gasteiger partial charge in [0.05, 0.1) is 0 Å². The first-order valence-electron chi connectivity index (χ1n) is 6.09. The number of likely N-dealkylation sites (tertiary alicyclic amines) is 1. The molecule has 102 valence electrons. The first-order valence-corrected chi connectivity index (χ1v) is 6.47. The number of hydrogen-bond donors (Lipinski definition) is 1. The number of oxime groups is 1. The monoisotopic (exact) mass is 280 g/mol. The molecule has 1 aromatic rings. The SMILES string of the molecule is CN1C/C(=N/O)C(=O)C(C)(C)[C@H]1c1ccc(Cl)cc1. The molecular weight excluding hydrogens is 264 g/mol. The summed E-state index contributed by atoms with van der Waals surface area (Å²) in [6.45, 7) is 4.08. The average Bonchev–Trinajstić information content (AvgIpc) is 2.36. The van der Waals surface area contributed by atoms with Crippen LogP contribution in [0.1, 0.15) is 25.5 Å². The van der Waals surface area contributed by atoms with E-state index in [1.54, 1.807) is 0 Å². The highest BCUT2D eigenvalue weighted by molar-refractivity contribution is 6.43. The molecule has 1 heterocycles. The normalized spacial score (nSPS) is 25.8. The smallest absolute Gasteiger partial charge is 0.189 e. The molecule has 1 aliphatic heterocycles. The summed E-state index contributed by atoms with van der Waals surface area (Å²) in [5, 5.41) is 12.7. The van der Waals surface area contributed by atoms with E-state index in [-0.39, 0.29) is 17.5 Å². The van der Waals surface area contributed by atoms with Gasteiger partial charge in [0.1, 0.15) is 5.71 Å². The molecule has 0 amide bonds. The number of piperidine rings is 1. The largest absolute Gasteiger partial charge is 0.411 e. The van der Waals surface area contributed by atoms with Crippen molar-refractivity contribution in [3.63, 3.8) is 0 Å². The molecule has 0 aromatic heterocycles. The molecule has 0 saturated carbocycles. The minimum absolute atomic E-state index is 0.0669. The summed E-state index contributed by atoms with van der Waals surface area (Å²) in [6.07, 6.45) is 0. The quantitative estimate of drug-likeness (QED) is 0.636. The van der Waals surface area contributed by atoms with Crippen LogP contribution in [0.15, 0.2) is 29.4 Å². The van der Waals surface area contributed by atoms with Crippen LogP contribution in [0, 0.1) is 5.41 Å². The van der Waals surface area contributed by atoms with Crippen LogP contribution < -0.4 is 0 Å². The van der Waals surface area contributed by atoms with Gasteiger partial charge in [-0.15, -0.1) is 0 Å². The molecular formula is C14H17ClN2O2. The van der Waals surface area contributed by atoms with Crippen molar-refractivity contribution in [1.82, 2.24) is 4.90 Å². The van der Waals surface area contributed by atoms with Gasteiger partial charge in [0.2, 0.25) is 0 Å². The topological polar surface area (TPSA) is 52.9 Å². The van der Waals surface area contributed by atoms with Crippen LogP contribution >= 0.6 is 11.6 Å². The zero-order chi connectivity index (χ0) is 14.2. The fourth-order valence-corrected chi connectivity index (χ4v) is 2.97. The third kappa shape index (κ3) is 2.38. The van der Waals surface area contributed by atoms with Gasteiger partial charge in [-0.3, -0.25) is 9.69 Å². The van der Waals surface area contributed by atoms with E-state index in [1.807, 2.05) is 50.1 Å². The van der Waals surface area contributed by atoms with Gasteiger partial charge in [0, 0.05) is 23.0 Å². The number of carbonyl (C=O) groups is 1. The Kier molecular flexibility index (Phi) is 3.65. The molecule has 1 saturated heterocycles. The fraction of sp³-hybridized carbons (Fsp3) is 0.429. The van der Waals surface area contributed by atoms with Crippen molar-refractivity contribution in [3.8, 4) is 0 Å². The van der Waals surface area contributed by atoms with Gasteiger partial charge in [-0.1, -0.05) is 42.7 Å². The second-order valence-electron chi connectivity index (χ2n) is 5.47. The van der Waals surface area contributed by atoms with Crippen molar-refractivity contribution < 1.29 is 10.0 Å². The molecule has 1 aromatic carbocycles. The van der Waals surface area contributed by atoms with Crippen molar-refractivity contribution in [2.75, 3.05) is 13.6 Å². The summed E-state index contributed by atoms with van der Waals surface area (Å²) < 4.78 is 0. The van der Waals surface area contributed by atoms with Gasteiger partial charge in [-0.25, -0.2) is 0 Å². The first-order chi connectivity index (χ1) is 8.87. The Bertz CT molecular complexity index is 523. The summed E-state index contributed by atoms with van der Waals surface area (Å²) in [5.41, 5.74) is 0.586. The van der Waals surface area contributed by atoms with Gasteiger partial charge < -0.3 is 5.21 Å². The summed E-state index contributed by atoms with van der Waals surface area (Å²) >= 11 is 5.90. The standard InChI is InChI=1S/C14H17ClN2O2/c1-14(2)12(9-4-6-10(15)7-5-9)17(3)8-11(16-19)13(14)18/h4-7,12,19H,8H2,1-3H3/b16-11-/t12-/m1/s1. The van der Waals surface area contributed by atoms with Gasteiger partial charge in [-0.05, 0) is 24.7 Å². The number of ketones is 1. The molecule has 5 heteroatoms. The molecule has 0 aliphatic carbocycles. The van der Waals surface area contributed by atoms with E-state index in [1.165, 1.54) is 0 Å². The first kappa shape index (κ1) is 14.0. The Hall–Kier alpha value is -1.39. The van der Waals surface area contributed by atoms with E-state index in [4.69, 9.17) is 16.8 Å². The van der Waals surface area contributed by atoms with Crippen molar-refractivity contribution in [3.05, 3.63) is 34.9 Å². The number of hydrogen-bond acceptors (Lipinski definition) is 4. The van der Waals surface area contributed by atoms with Crippen LogP contribution in [0.4, 0.5) is 0 Å². The molecule has 0 bridgehead atoms. The Morgan fingerprint density at radius 3 is 2.47 bits per heavy atom. The second-order valence-corrected chi connectivity index (χ2v) is 5.90. The zero-order valence-electron chi connectivity index (χ0n) is 11.2. The number of nitrogens with zero attached hydrogens (tertiary/aromatic N) is 2. The summed E-state index contributed by atoms with van der Waals surface area (Å²) in [7, 11) is 1.92. The highest BCUT2D eigenvalue weighted by Gasteiger charge is 2.46. The van der Waals surface area contributed by atoms with Crippen molar-refractivity contribution >= 4 is 23.1 Å². The highest BCUT2D eigenvalue weighted by atomic mass is 35.5. The maximum absolute atomic E-state index is 12.3. The van der Waals surface area contributed by atoms with Crippen molar-refractivity contribution in [2.45, 2.75) is 19.9 Å². The predicted octanol–water partition coefficient (Wildman–Crippen LogP) is 2.75. The summed E-state index contributed by atoms with van der Waals surface area (Å²) in [6, 6.07) is 7.43. The maximum atomic E-state index is 12.3. The lowest BCUT2D eigenvalue weighted by molar-refractivity contribution is -0.126. The van der Waals surface area contributed by atoms with E-state index in [9.17, 15) is 4.79 Å². The third-order valence-corrected chi connectivity index (χ3v) is 3.93. The lowest BCUT2D eigenvalue weighted by Crippen LogP contribution is -2.52. The van der Waals surface area contributed by atoms with Crippen molar-refractivity contribution in [2.24, 2.45) is 10.6 Å². The van der Waals surface area contributed by atoms with Crippen molar-refractivity contribution in [1.29, 1.82) is 0 Å². The fourth-order valence-electron chi connectivity index (χ4n) is 2.84. The molecule has 4 nitrogen and oxygen atoms in total. The predicted molar refractivity (Wildman–Crippen MR) is 74.8 cm³/mol. The van der Waals surface area contributed by atoms with Crippen LogP contribution in [-0.2, 0) is 4.79 Å². The summed E-state index contributed by atoms with van der Waals surface area (Å²) in [4.78, 5) is 14.3. The lowest BCUT2D eigenvalue weighted by Gasteiger charge is -2.43. The number of rotatable bonds is 1. The molecule has 0 radical (unpaired) electrons. The Balaban J connectivity index is 2.44.